The van der Waals surface area contributed by atoms with Gasteiger partial charge in [0.05, 0.1) is 4.83 Å². The number of nitrogens with zero attached hydrogens (tertiary/aromatic N) is 1. The van der Waals surface area contributed by atoms with Crippen LogP contribution in [0, 0.1) is 13.8 Å². The summed E-state index contributed by atoms with van der Waals surface area (Å²) in [5.74, 6) is 1.19. The lowest BCUT2D eigenvalue weighted by Crippen LogP contribution is -2.40. The summed E-state index contributed by atoms with van der Waals surface area (Å²) in [6.07, 6.45) is 5.34. The highest BCUT2D eigenvalue weighted by Gasteiger charge is 2.42. The number of aryl methyl sites for hydroxylation is 2. The van der Waals surface area contributed by atoms with E-state index in [0.29, 0.717) is 17.2 Å². The number of phenolic OH excluding ortho intramolecular Hbond substituents is 1. The molecular formula is C38H45NO6P+. The highest BCUT2D eigenvalue weighted by Crippen LogP contribution is 2.36. The van der Waals surface area contributed by atoms with Gasteiger partial charge in [-0.2, -0.15) is 0 Å². The van der Waals surface area contributed by atoms with Crippen molar-refractivity contribution in [3.8, 4) is 17.2 Å². The van der Waals surface area contributed by atoms with Crippen molar-refractivity contribution in [1.29, 1.82) is 0 Å². The lowest BCUT2D eigenvalue weighted by Gasteiger charge is -2.25. The van der Waals surface area contributed by atoms with Crippen molar-refractivity contribution < 1.29 is 28.8 Å². The van der Waals surface area contributed by atoms with Crippen LogP contribution in [0.1, 0.15) is 86.6 Å². The zero-order chi connectivity index (χ0) is 32.8. The van der Waals surface area contributed by atoms with Gasteiger partial charge in [0.15, 0.2) is 11.8 Å². The molecule has 0 heterocycles. The Morgan fingerprint density at radius 2 is 1.63 bits per heavy atom. The van der Waals surface area contributed by atoms with Crippen LogP contribution < -0.4 is 9.57 Å². The molecule has 7 nitrogen and oxygen atoms in total. The van der Waals surface area contributed by atoms with Gasteiger partial charge in [-0.15, -0.1) is 0 Å². The minimum atomic E-state index is -2.31. The number of ether oxygens (including phenoxy) is 2. The van der Waals surface area contributed by atoms with Crippen LogP contribution in [-0.4, -0.2) is 34.4 Å². The maximum absolute atomic E-state index is 13.9. The van der Waals surface area contributed by atoms with Crippen molar-refractivity contribution >= 4 is 24.7 Å². The molecule has 1 N–H and O–H groups in total. The van der Waals surface area contributed by atoms with Crippen LogP contribution in [0.5, 0.6) is 17.2 Å². The fourth-order valence-corrected chi connectivity index (χ4v) is 7.15. The molecule has 4 aromatic rings. The monoisotopic (exact) mass is 642 g/mol. The number of carbonyl (C=O) groups is 1. The molecule has 1 aliphatic carbocycles. The van der Waals surface area contributed by atoms with E-state index in [1.165, 1.54) is 10.4 Å². The molecule has 1 aliphatic rings. The molecule has 1 fully saturated rings. The fraction of sp³-hybridized carbons (Fsp3) is 0.395. The van der Waals surface area contributed by atoms with Gasteiger partial charge in [0.25, 0.3) is 0 Å². The van der Waals surface area contributed by atoms with E-state index in [1.807, 2.05) is 74.5 Å². The number of esters is 1. The van der Waals surface area contributed by atoms with Gasteiger partial charge < -0.3 is 19.4 Å². The van der Waals surface area contributed by atoms with Crippen molar-refractivity contribution in [3.05, 3.63) is 101 Å². The van der Waals surface area contributed by atoms with E-state index in [-0.39, 0.29) is 18.4 Å². The standard InChI is InChI=1S/C38H44NO6P/c1-25(2)34-22-29(18-19-36(34)40)23-35-26(3)20-32(21-27(35)4)43-24-46(42)39(28(5)38(41)44-31-14-7-6-8-15-31)45-37-17-11-13-30-12-9-10-16-33(30)37/h9-13,16-22,25,28,31H,6-8,14-15,23-24H2,1-5H3/p+1/t28-/m0/s1. The summed E-state index contributed by atoms with van der Waals surface area (Å²) in [4.78, 5) is 20.8. The molecule has 0 amide bonds. The predicted molar refractivity (Wildman–Crippen MR) is 183 cm³/mol. The number of hydrogen-bond acceptors (Lipinski definition) is 6. The summed E-state index contributed by atoms with van der Waals surface area (Å²) >= 11 is 0. The first-order chi connectivity index (χ1) is 22.1. The second-order valence-corrected chi connectivity index (χ2v) is 14.0. The van der Waals surface area contributed by atoms with E-state index < -0.39 is 20.0 Å². The van der Waals surface area contributed by atoms with Crippen LogP contribution in [0.15, 0.2) is 72.8 Å². The summed E-state index contributed by atoms with van der Waals surface area (Å²) in [6, 6.07) is 22.2. The molecule has 0 spiro atoms. The van der Waals surface area contributed by atoms with Gasteiger partial charge in [-0.1, -0.05) is 68.8 Å². The average Bonchev–Trinajstić information content (AvgIpc) is 3.05. The first kappa shape index (κ1) is 33.4. The fourth-order valence-electron chi connectivity index (χ4n) is 6.11. The van der Waals surface area contributed by atoms with Crippen LogP contribution >= 0.6 is 7.95 Å². The Labute approximate surface area is 273 Å². The minimum Gasteiger partial charge on any atom is -0.508 e. The average molecular weight is 643 g/mol. The molecule has 0 saturated heterocycles. The highest BCUT2D eigenvalue weighted by molar-refractivity contribution is 7.41. The maximum Gasteiger partial charge on any atom is 0.512 e. The maximum atomic E-state index is 13.9. The number of rotatable bonds is 12. The van der Waals surface area contributed by atoms with E-state index in [2.05, 4.69) is 19.9 Å². The Balaban J connectivity index is 1.33. The molecule has 0 aromatic heterocycles. The van der Waals surface area contributed by atoms with Crippen molar-refractivity contribution in [2.45, 2.75) is 91.2 Å². The number of carbonyl (C=O) groups excluding carboxylic acids is 1. The Morgan fingerprint density at radius 1 is 0.935 bits per heavy atom. The summed E-state index contributed by atoms with van der Waals surface area (Å²) in [5.41, 5.74) is 5.34. The number of phenols is 1. The molecule has 8 heteroatoms. The van der Waals surface area contributed by atoms with Crippen LogP contribution in [0.4, 0.5) is 0 Å². The third kappa shape index (κ3) is 8.07. The number of fused-ring (bicyclic) bond motifs is 1. The largest absolute Gasteiger partial charge is 0.512 e. The van der Waals surface area contributed by atoms with Gasteiger partial charge in [0, 0.05) is 5.39 Å². The minimum absolute atomic E-state index is 0.125. The van der Waals surface area contributed by atoms with E-state index in [9.17, 15) is 14.5 Å². The SMILES string of the molecule is Cc1cc(OC[P+](=O)N(Oc2cccc3ccccc23)[C@@H](C)C(=O)OC2CCCCC2)cc(C)c1Cc1ccc(O)c(C(C)C)c1. The molecular weight excluding hydrogens is 597 g/mol. The van der Waals surface area contributed by atoms with Gasteiger partial charge >= 0.3 is 20.3 Å². The van der Waals surface area contributed by atoms with E-state index in [0.717, 1.165) is 71.6 Å². The molecule has 1 unspecified atom stereocenters. The van der Waals surface area contributed by atoms with E-state index >= 15 is 0 Å². The Kier molecular flexibility index (Phi) is 11.0. The van der Waals surface area contributed by atoms with Crippen molar-refractivity contribution in [3.63, 3.8) is 0 Å². The quantitative estimate of drug-likeness (QED) is 0.0936. The van der Waals surface area contributed by atoms with Gasteiger partial charge in [-0.05, 0) is 121 Å². The molecule has 46 heavy (non-hydrogen) atoms. The Morgan fingerprint density at radius 3 is 2.35 bits per heavy atom. The van der Waals surface area contributed by atoms with Crippen LogP contribution in [-0.2, 0) is 20.5 Å². The van der Waals surface area contributed by atoms with Crippen molar-refractivity contribution in [2.24, 2.45) is 0 Å². The van der Waals surface area contributed by atoms with Crippen LogP contribution in [0.2, 0.25) is 0 Å². The second-order valence-electron chi connectivity index (χ2n) is 12.6. The van der Waals surface area contributed by atoms with Gasteiger partial charge in [-0.3, -0.25) is 4.79 Å². The Bertz CT molecular complexity index is 1670. The predicted octanol–water partition coefficient (Wildman–Crippen LogP) is 9.52. The smallest absolute Gasteiger partial charge is 0.508 e. The first-order valence-corrected chi connectivity index (χ1v) is 17.6. The van der Waals surface area contributed by atoms with Crippen molar-refractivity contribution in [1.82, 2.24) is 4.83 Å². The first-order valence-electron chi connectivity index (χ1n) is 16.3. The zero-order valence-corrected chi connectivity index (χ0v) is 28.4. The highest BCUT2D eigenvalue weighted by atomic mass is 31.1. The number of hydrogen-bond donors (Lipinski definition) is 1. The van der Waals surface area contributed by atoms with Gasteiger partial charge in [-0.25, -0.2) is 0 Å². The topological polar surface area (TPSA) is 85.3 Å². The molecule has 0 aliphatic heterocycles. The molecule has 242 valence electrons. The molecule has 0 bridgehead atoms. The summed E-state index contributed by atoms with van der Waals surface area (Å²) in [5, 5.41) is 12.1. The number of benzene rings is 4. The lowest BCUT2D eigenvalue weighted by molar-refractivity contribution is -0.161. The van der Waals surface area contributed by atoms with Crippen molar-refractivity contribution in [2.75, 3.05) is 6.35 Å². The number of hydroxylamine groups is 1. The van der Waals surface area contributed by atoms with Crippen LogP contribution in [0.3, 0.4) is 0 Å². The number of aromatic hydroxyl groups is 1. The molecule has 5 rings (SSSR count). The zero-order valence-electron chi connectivity index (χ0n) is 27.5. The summed E-state index contributed by atoms with van der Waals surface area (Å²) < 4.78 is 25.8. The molecule has 4 aromatic carbocycles. The van der Waals surface area contributed by atoms with Gasteiger partial charge in [0.1, 0.15) is 17.6 Å². The molecule has 2 atom stereocenters. The summed E-state index contributed by atoms with van der Waals surface area (Å²) in [6.45, 7) is 9.89. The third-order valence-electron chi connectivity index (χ3n) is 8.77. The second kappa shape index (κ2) is 15.1. The summed E-state index contributed by atoms with van der Waals surface area (Å²) in [7, 11) is -2.31. The van der Waals surface area contributed by atoms with E-state index in [4.69, 9.17) is 14.3 Å². The molecule has 1 saturated carbocycles. The lowest BCUT2D eigenvalue weighted by atomic mass is 9.93. The van der Waals surface area contributed by atoms with E-state index in [1.54, 1.807) is 13.0 Å². The third-order valence-corrected chi connectivity index (χ3v) is 9.99. The van der Waals surface area contributed by atoms with Crippen LogP contribution in [0.25, 0.3) is 10.8 Å². The molecule has 0 radical (unpaired) electrons. The Hall–Kier alpha value is -3.93. The van der Waals surface area contributed by atoms with Gasteiger partial charge in [0.2, 0.25) is 0 Å². The normalized spacial score (nSPS) is 14.8.